The van der Waals surface area contributed by atoms with Crippen LogP contribution in [0.4, 0.5) is 0 Å². The van der Waals surface area contributed by atoms with Crippen LogP contribution in [0.2, 0.25) is 0 Å². The number of nitrogens with zero attached hydrogens (tertiary/aromatic N) is 4. The van der Waals surface area contributed by atoms with Gasteiger partial charge in [-0.25, -0.2) is 0 Å². The second-order valence-corrected chi connectivity index (χ2v) is 5.50. The van der Waals surface area contributed by atoms with Gasteiger partial charge in [0.2, 0.25) is 5.82 Å². The van der Waals surface area contributed by atoms with Crippen molar-refractivity contribution in [1.82, 2.24) is 25.5 Å². The number of nitrogens with one attached hydrogen (secondary N) is 1. The minimum absolute atomic E-state index is 0.131. The molecular formula is C13H15N5OS. The summed E-state index contributed by atoms with van der Waals surface area (Å²) < 4.78 is 5.25. The summed E-state index contributed by atoms with van der Waals surface area (Å²) in [6, 6.07) is 7.93. The lowest BCUT2D eigenvalue weighted by atomic mass is 10.3. The molecule has 0 aliphatic carbocycles. The van der Waals surface area contributed by atoms with Crippen LogP contribution in [0, 0.1) is 0 Å². The van der Waals surface area contributed by atoms with Gasteiger partial charge in [-0.1, -0.05) is 6.07 Å². The van der Waals surface area contributed by atoms with E-state index in [0.717, 1.165) is 13.1 Å². The number of tetrazole rings is 1. The first kappa shape index (κ1) is 13.0. The predicted molar refractivity (Wildman–Crippen MR) is 76.3 cm³/mol. The number of rotatable bonds is 6. The Labute approximate surface area is 120 Å². The van der Waals surface area contributed by atoms with Crippen molar-refractivity contribution in [2.45, 2.75) is 19.5 Å². The summed E-state index contributed by atoms with van der Waals surface area (Å²) in [4.78, 5) is 2.93. The fourth-order valence-corrected chi connectivity index (χ4v) is 2.49. The molecule has 3 aromatic rings. The third kappa shape index (κ3) is 2.94. The first-order valence-corrected chi connectivity index (χ1v) is 7.27. The molecule has 0 aliphatic rings. The molecule has 0 aliphatic heterocycles. The van der Waals surface area contributed by atoms with Crippen LogP contribution in [0.1, 0.15) is 17.8 Å². The topological polar surface area (TPSA) is 68.8 Å². The first-order chi connectivity index (χ1) is 9.83. The van der Waals surface area contributed by atoms with Crippen molar-refractivity contribution in [2.24, 2.45) is 0 Å². The summed E-state index contributed by atoms with van der Waals surface area (Å²) in [6.45, 7) is 3.70. The second-order valence-electron chi connectivity index (χ2n) is 4.47. The summed E-state index contributed by atoms with van der Waals surface area (Å²) in [5.74, 6) is 1.15. The van der Waals surface area contributed by atoms with Crippen molar-refractivity contribution < 1.29 is 4.42 Å². The average molecular weight is 289 g/mol. The molecule has 0 bridgehead atoms. The van der Waals surface area contributed by atoms with Gasteiger partial charge in [-0.2, -0.15) is 4.80 Å². The van der Waals surface area contributed by atoms with E-state index in [-0.39, 0.29) is 6.04 Å². The number of hydrogen-bond donors (Lipinski definition) is 1. The Hall–Kier alpha value is -1.99. The van der Waals surface area contributed by atoms with Gasteiger partial charge in [0, 0.05) is 18.0 Å². The van der Waals surface area contributed by atoms with Gasteiger partial charge in [0.15, 0.2) is 5.76 Å². The smallest absolute Gasteiger partial charge is 0.240 e. The Balaban J connectivity index is 1.56. The molecule has 20 heavy (non-hydrogen) atoms. The van der Waals surface area contributed by atoms with E-state index in [1.165, 1.54) is 4.88 Å². The molecule has 1 atom stereocenters. The molecular weight excluding hydrogens is 274 g/mol. The normalized spacial score (nSPS) is 12.7. The molecule has 6 nitrogen and oxygen atoms in total. The van der Waals surface area contributed by atoms with Crippen LogP contribution in [0.3, 0.4) is 0 Å². The molecule has 1 unspecified atom stereocenters. The van der Waals surface area contributed by atoms with E-state index in [1.54, 1.807) is 22.4 Å². The quantitative estimate of drug-likeness (QED) is 0.754. The SMILES string of the molecule is CC(CNCc1cccs1)n1nnc(-c2ccco2)n1. The largest absolute Gasteiger partial charge is 0.461 e. The minimum Gasteiger partial charge on any atom is -0.461 e. The van der Waals surface area contributed by atoms with E-state index in [0.29, 0.717) is 11.6 Å². The van der Waals surface area contributed by atoms with E-state index in [4.69, 9.17) is 4.42 Å². The maximum Gasteiger partial charge on any atom is 0.240 e. The van der Waals surface area contributed by atoms with E-state index < -0.39 is 0 Å². The maximum absolute atomic E-state index is 5.25. The molecule has 0 fully saturated rings. The number of hydrogen-bond acceptors (Lipinski definition) is 6. The van der Waals surface area contributed by atoms with E-state index in [1.807, 2.05) is 12.1 Å². The lowest BCUT2D eigenvalue weighted by Gasteiger charge is -2.10. The highest BCUT2D eigenvalue weighted by molar-refractivity contribution is 7.09. The summed E-state index contributed by atoms with van der Waals surface area (Å²) in [5.41, 5.74) is 0. The van der Waals surface area contributed by atoms with Gasteiger partial charge in [0.1, 0.15) is 0 Å². The van der Waals surface area contributed by atoms with Crippen LogP contribution in [-0.2, 0) is 6.54 Å². The third-order valence-corrected chi connectivity index (χ3v) is 3.76. The Morgan fingerprint density at radius 1 is 1.40 bits per heavy atom. The molecule has 0 saturated carbocycles. The van der Waals surface area contributed by atoms with E-state index >= 15 is 0 Å². The summed E-state index contributed by atoms with van der Waals surface area (Å²) in [7, 11) is 0. The molecule has 3 heterocycles. The highest BCUT2D eigenvalue weighted by Gasteiger charge is 2.12. The highest BCUT2D eigenvalue weighted by atomic mass is 32.1. The number of furan rings is 1. The van der Waals surface area contributed by atoms with Gasteiger partial charge < -0.3 is 9.73 Å². The molecule has 7 heteroatoms. The van der Waals surface area contributed by atoms with Crippen molar-refractivity contribution in [3.63, 3.8) is 0 Å². The Morgan fingerprint density at radius 2 is 2.35 bits per heavy atom. The zero-order chi connectivity index (χ0) is 13.8. The molecule has 1 N–H and O–H groups in total. The zero-order valence-electron chi connectivity index (χ0n) is 11.1. The Bertz CT molecular complexity index is 632. The molecule has 3 rings (SSSR count). The standard InChI is InChI=1S/C13H15N5OS/c1-10(8-14-9-11-4-3-7-20-11)18-16-13(15-17-18)12-5-2-6-19-12/h2-7,10,14H,8-9H2,1H3. The van der Waals surface area contributed by atoms with Crippen molar-refractivity contribution in [1.29, 1.82) is 0 Å². The summed E-state index contributed by atoms with van der Waals surface area (Å²) in [6.07, 6.45) is 1.60. The Kier molecular flexibility index (Phi) is 3.89. The van der Waals surface area contributed by atoms with Crippen LogP contribution in [0.15, 0.2) is 40.3 Å². The van der Waals surface area contributed by atoms with E-state index in [9.17, 15) is 0 Å². The number of thiophene rings is 1. The summed E-state index contributed by atoms with van der Waals surface area (Å²) in [5, 5.41) is 17.9. The third-order valence-electron chi connectivity index (χ3n) is 2.88. The predicted octanol–water partition coefficient (Wildman–Crippen LogP) is 2.35. The van der Waals surface area contributed by atoms with E-state index in [2.05, 4.69) is 45.2 Å². The van der Waals surface area contributed by atoms with Crippen LogP contribution in [0.25, 0.3) is 11.6 Å². The fourth-order valence-electron chi connectivity index (χ4n) is 1.82. The van der Waals surface area contributed by atoms with Gasteiger partial charge in [-0.05, 0) is 35.7 Å². The molecule has 0 saturated heterocycles. The average Bonchev–Trinajstić information content (AvgIpc) is 3.20. The molecule has 0 amide bonds. The van der Waals surface area contributed by atoms with Crippen LogP contribution < -0.4 is 5.32 Å². The van der Waals surface area contributed by atoms with Gasteiger partial charge in [0.05, 0.1) is 12.3 Å². The molecule has 0 radical (unpaired) electrons. The van der Waals surface area contributed by atoms with Gasteiger partial charge in [0.25, 0.3) is 0 Å². The Morgan fingerprint density at radius 3 is 3.10 bits per heavy atom. The lowest BCUT2D eigenvalue weighted by Crippen LogP contribution is -2.24. The van der Waals surface area contributed by atoms with Crippen LogP contribution in [0.5, 0.6) is 0 Å². The lowest BCUT2D eigenvalue weighted by molar-refractivity contribution is 0.401. The van der Waals surface area contributed by atoms with Crippen molar-refractivity contribution >= 4 is 11.3 Å². The maximum atomic E-state index is 5.25. The number of aromatic nitrogens is 4. The molecule has 0 aromatic carbocycles. The van der Waals surface area contributed by atoms with Crippen molar-refractivity contribution in [2.75, 3.05) is 6.54 Å². The van der Waals surface area contributed by atoms with Crippen molar-refractivity contribution in [3.8, 4) is 11.6 Å². The second kappa shape index (κ2) is 5.98. The first-order valence-electron chi connectivity index (χ1n) is 6.39. The van der Waals surface area contributed by atoms with Crippen molar-refractivity contribution in [3.05, 3.63) is 40.8 Å². The zero-order valence-corrected chi connectivity index (χ0v) is 11.9. The van der Waals surface area contributed by atoms with Gasteiger partial charge in [-0.15, -0.1) is 21.5 Å². The monoisotopic (exact) mass is 289 g/mol. The van der Waals surface area contributed by atoms with Gasteiger partial charge in [-0.3, -0.25) is 0 Å². The molecule has 3 aromatic heterocycles. The minimum atomic E-state index is 0.131. The van der Waals surface area contributed by atoms with Crippen LogP contribution >= 0.6 is 11.3 Å². The molecule has 104 valence electrons. The molecule has 0 spiro atoms. The van der Waals surface area contributed by atoms with Crippen LogP contribution in [-0.4, -0.2) is 26.8 Å². The highest BCUT2D eigenvalue weighted by Crippen LogP contribution is 2.14. The fraction of sp³-hybridized carbons (Fsp3) is 0.308. The summed E-state index contributed by atoms with van der Waals surface area (Å²) >= 11 is 1.75. The van der Waals surface area contributed by atoms with Gasteiger partial charge >= 0.3 is 0 Å².